The Morgan fingerprint density at radius 2 is 2.00 bits per heavy atom. The van der Waals surface area contributed by atoms with Crippen LogP contribution in [0.25, 0.3) is 0 Å². The Balaban J connectivity index is 2.83. The highest BCUT2D eigenvalue weighted by Crippen LogP contribution is 2.11. The molecule has 0 heterocycles. The molecule has 0 unspecified atom stereocenters. The summed E-state index contributed by atoms with van der Waals surface area (Å²) in [5.41, 5.74) is 12.6. The van der Waals surface area contributed by atoms with E-state index in [1.807, 2.05) is 0 Å². The number of benzene rings is 1. The summed E-state index contributed by atoms with van der Waals surface area (Å²) < 4.78 is 4.57. The van der Waals surface area contributed by atoms with Crippen molar-refractivity contribution in [1.82, 2.24) is 0 Å². The quantitative estimate of drug-likeness (QED) is 0.684. The predicted molar refractivity (Wildman–Crippen MR) is 53.8 cm³/mol. The van der Waals surface area contributed by atoms with Crippen LogP contribution >= 0.6 is 0 Å². The highest BCUT2D eigenvalue weighted by atomic mass is 16.5. The summed E-state index contributed by atoms with van der Waals surface area (Å²) in [4.78, 5) is 11.1. The van der Waals surface area contributed by atoms with Gasteiger partial charge in [-0.15, -0.1) is 0 Å². The minimum atomic E-state index is -0.349. The first-order valence-electron chi connectivity index (χ1n) is 4.33. The van der Waals surface area contributed by atoms with E-state index in [0.717, 1.165) is 5.56 Å². The minimum absolute atomic E-state index is 0.179. The summed E-state index contributed by atoms with van der Waals surface area (Å²) in [5.74, 6) is -0.349. The molecule has 1 atom stereocenters. The highest BCUT2D eigenvalue weighted by Gasteiger charge is 2.07. The molecule has 0 radical (unpaired) electrons. The second-order valence-corrected chi connectivity index (χ2v) is 2.96. The molecule has 0 saturated heterocycles. The number of hydrogen-bond acceptors (Lipinski definition) is 4. The smallest absolute Gasteiger partial charge is 0.337 e. The Labute approximate surface area is 82.8 Å². The molecule has 4 heteroatoms. The second-order valence-electron chi connectivity index (χ2n) is 2.96. The van der Waals surface area contributed by atoms with Crippen molar-refractivity contribution < 1.29 is 9.53 Å². The zero-order chi connectivity index (χ0) is 10.6. The third-order valence-electron chi connectivity index (χ3n) is 2.01. The topological polar surface area (TPSA) is 78.3 Å². The van der Waals surface area contributed by atoms with Crippen LogP contribution in [0.1, 0.15) is 22.0 Å². The first kappa shape index (κ1) is 10.7. The summed E-state index contributed by atoms with van der Waals surface area (Å²) in [7, 11) is 1.35. The van der Waals surface area contributed by atoms with Crippen molar-refractivity contribution in [2.24, 2.45) is 11.5 Å². The van der Waals surface area contributed by atoms with E-state index in [4.69, 9.17) is 11.5 Å². The molecule has 0 aromatic heterocycles. The Hall–Kier alpha value is -1.39. The fourth-order valence-corrected chi connectivity index (χ4v) is 1.12. The first-order chi connectivity index (χ1) is 6.69. The summed E-state index contributed by atoms with van der Waals surface area (Å²) in [5, 5.41) is 0. The zero-order valence-corrected chi connectivity index (χ0v) is 8.07. The lowest BCUT2D eigenvalue weighted by atomic mass is 10.1. The average molecular weight is 194 g/mol. The summed E-state index contributed by atoms with van der Waals surface area (Å²) >= 11 is 0. The van der Waals surface area contributed by atoms with Crippen molar-refractivity contribution >= 4 is 5.97 Å². The van der Waals surface area contributed by atoms with Gasteiger partial charge in [0.1, 0.15) is 0 Å². The maximum Gasteiger partial charge on any atom is 0.337 e. The molecule has 0 aliphatic carbocycles. The van der Waals surface area contributed by atoms with E-state index in [0.29, 0.717) is 12.1 Å². The van der Waals surface area contributed by atoms with Crippen LogP contribution in [0.4, 0.5) is 0 Å². The van der Waals surface area contributed by atoms with E-state index in [9.17, 15) is 4.79 Å². The van der Waals surface area contributed by atoms with Crippen molar-refractivity contribution in [3.63, 3.8) is 0 Å². The maximum atomic E-state index is 11.1. The number of ether oxygens (including phenoxy) is 1. The van der Waals surface area contributed by atoms with Gasteiger partial charge in [-0.2, -0.15) is 0 Å². The Bertz CT molecular complexity index is 308. The number of hydrogen-bond donors (Lipinski definition) is 2. The number of rotatable bonds is 3. The van der Waals surface area contributed by atoms with Crippen LogP contribution in [-0.4, -0.2) is 19.6 Å². The van der Waals surface area contributed by atoms with Gasteiger partial charge in [0.05, 0.1) is 12.7 Å². The molecular formula is C10H14N2O2. The molecule has 0 bridgehead atoms. The lowest BCUT2D eigenvalue weighted by Gasteiger charge is -2.08. The van der Waals surface area contributed by atoms with Gasteiger partial charge >= 0.3 is 5.97 Å². The Morgan fingerprint density at radius 3 is 2.43 bits per heavy atom. The molecule has 0 fully saturated rings. The van der Waals surface area contributed by atoms with Crippen molar-refractivity contribution in [3.8, 4) is 0 Å². The third kappa shape index (κ3) is 2.31. The van der Waals surface area contributed by atoms with E-state index in [-0.39, 0.29) is 12.0 Å². The molecule has 0 spiro atoms. The molecule has 4 N–H and O–H groups in total. The van der Waals surface area contributed by atoms with Crippen LogP contribution in [0.3, 0.4) is 0 Å². The average Bonchev–Trinajstić information content (AvgIpc) is 2.27. The largest absolute Gasteiger partial charge is 0.465 e. The fraction of sp³-hybridized carbons (Fsp3) is 0.300. The number of nitrogens with two attached hydrogens (primary N) is 2. The third-order valence-corrected chi connectivity index (χ3v) is 2.01. The van der Waals surface area contributed by atoms with E-state index < -0.39 is 0 Å². The van der Waals surface area contributed by atoms with Crippen molar-refractivity contribution in [2.45, 2.75) is 6.04 Å². The molecule has 1 rings (SSSR count). The summed E-state index contributed by atoms with van der Waals surface area (Å²) in [6, 6.07) is 6.74. The minimum Gasteiger partial charge on any atom is -0.465 e. The monoisotopic (exact) mass is 194 g/mol. The van der Waals surface area contributed by atoms with E-state index >= 15 is 0 Å². The standard InChI is InChI=1S/C10H14N2O2/c1-14-10(13)8-4-2-7(3-5-8)9(12)6-11/h2-5,9H,6,11-12H2,1H3/t9-/m0/s1. The molecule has 1 aromatic rings. The van der Waals surface area contributed by atoms with Gasteiger partial charge in [-0.3, -0.25) is 0 Å². The first-order valence-corrected chi connectivity index (χ1v) is 4.33. The number of methoxy groups -OCH3 is 1. The van der Waals surface area contributed by atoms with Crippen molar-refractivity contribution in [1.29, 1.82) is 0 Å². The molecule has 0 aliphatic heterocycles. The molecule has 0 saturated carbocycles. The van der Waals surface area contributed by atoms with Gasteiger partial charge in [0, 0.05) is 12.6 Å². The van der Waals surface area contributed by atoms with Crippen molar-refractivity contribution in [3.05, 3.63) is 35.4 Å². The molecule has 4 nitrogen and oxygen atoms in total. The van der Waals surface area contributed by atoms with Crippen LogP contribution in [0, 0.1) is 0 Å². The lowest BCUT2D eigenvalue weighted by Crippen LogP contribution is -2.20. The summed E-state index contributed by atoms with van der Waals surface area (Å²) in [6.07, 6.45) is 0. The van der Waals surface area contributed by atoms with E-state index in [1.54, 1.807) is 24.3 Å². The predicted octanol–water partition coefficient (Wildman–Crippen LogP) is 0.432. The van der Waals surface area contributed by atoms with Crippen LogP contribution in [-0.2, 0) is 4.74 Å². The Morgan fingerprint density at radius 1 is 1.43 bits per heavy atom. The molecule has 14 heavy (non-hydrogen) atoms. The maximum absolute atomic E-state index is 11.1. The Kier molecular flexibility index (Phi) is 3.62. The number of esters is 1. The van der Waals surface area contributed by atoms with Gasteiger partial charge < -0.3 is 16.2 Å². The molecule has 1 aromatic carbocycles. The van der Waals surface area contributed by atoms with E-state index in [2.05, 4.69) is 4.74 Å². The zero-order valence-electron chi connectivity index (χ0n) is 8.07. The molecule has 0 amide bonds. The molecule has 0 aliphatic rings. The van der Waals surface area contributed by atoms with Crippen molar-refractivity contribution in [2.75, 3.05) is 13.7 Å². The van der Waals surface area contributed by atoms with Gasteiger partial charge in [-0.1, -0.05) is 12.1 Å². The fourth-order valence-electron chi connectivity index (χ4n) is 1.12. The highest BCUT2D eigenvalue weighted by molar-refractivity contribution is 5.89. The molecule has 76 valence electrons. The molecular weight excluding hydrogens is 180 g/mol. The van der Waals surface area contributed by atoms with E-state index in [1.165, 1.54) is 7.11 Å². The number of carbonyl (C=O) groups excluding carboxylic acids is 1. The SMILES string of the molecule is COC(=O)c1ccc([C@@H](N)CN)cc1. The van der Waals surface area contributed by atoms with Crippen LogP contribution in [0.5, 0.6) is 0 Å². The normalized spacial score (nSPS) is 12.2. The van der Waals surface area contributed by atoms with Gasteiger partial charge in [0.2, 0.25) is 0 Å². The van der Waals surface area contributed by atoms with Crippen LogP contribution < -0.4 is 11.5 Å². The van der Waals surface area contributed by atoms with Gasteiger partial charge in [-0.25, -0.2) is 4.79 Å². The lowest BCUT2D eigenvalue weighted by molar-refractivity contribution is 0.0600. The van der Waals surface area contributed by atoms with Crippen LogP contribution in [0.2, 0.25) is 0 Å². The van der Waals surface area contributed by atoms with Crippen LogP contribution in [0.15, 0.2) is 24.3 Å². The number of carbonyl (C=O) groups is 1. The van der Waals surface area contributed by atoms with Gasteiger partial charge in [0.15, 0.2) is 0 Å². The van der Waals surface area contributed by atoms with Gasteiger partial charge in [-0.05, 0) is 17.7 Å². The second kappa shape index (κ2) is 4.74. The van der Waals surface area contributed by atoms with Gasteiger partial charge in [0.25, 0.3) is 0 Å². The summed E-state index contributed by atoms with van der Waals surface area (Å²) in [6.45, 7) is 0.386.